The normalized spacial score (nSPS) is 19.2. The third-order valence-electron chi connectivity index (χ3n) is 7.42. The predicted octanol–water partition coefficient (Wildman–Crippen LogP) is 3.91. The second kappa shape index (κ2) is 10.5. The second-order valence-electron chi connectivity index (χ2n) is 10.3. The second-order valence-corrected chi connectivity index (χ2v) is 11.3. The average Bonchev–Trinajstić information content (AvgIpc) is 2.94. The molecule has 0 aliphatic carbocycles. The Morgan fingerprint density at radius 2 is 1.38 bits per heavy atom. The summed E-state index contributed by atoms with van der Waals surface area (Å²) in [6, 6.07) is 11.6. The van der Waals surface area contributed by atoms with Crippen LogP contribution in [-0.2, 0) is 10.4 Å². The van der Waals surface area contributed by atoms with Crippen molar-refractivity contribution in [2.24, 2.45) is 0 Å². The summed E-state index contributed by atoms with van der Waals surface area (Å²) in [5.74, 6) is -7.55. The van der Waals surface area contributed by atoms with Gasteiger partial charge in [0, 0.05) is 18.2 Å². The molecule has 6 rings (SSSR count). The van der Waals surface area contributed by atoms with E-state index < -0.39 is 86.8 Å². The van der Waals surface area contributed by atoms with Crippen molar-refractivity contribution in [1.82, 2.24) is 0 Å². The van der Waals surface area contributed by atoms with Gasteiger partial charge in [0.25, 0.3) is 0 Å². The molecule has 0 saturated heterocycles. The topological polar surface area (TPSA) is 238 Å². The van der Waals surface area contributed by atoms with Gasteiger partial charge < -0.3 is 44.3 Å². The number of aromatic hydroxyl groups is 6. The van der Waals surface area contributed by atoms with Crippen LogP contribution in [0.3, 0.4) is 0 Å². The molecule has 0 aromatic heterocycles. The third-order valence-corrected chi connectivity index (χ3v) is 7.81. The highest BCUT2D eigenvalue weighted by Crippen LogP contribution is 2.55. The molecule has 2 aliphatic rings. The van der Waals surface area contributed by atoms with E-state index in [1.165, 1.54) is 30.3 Å². The van der Waals surface area contributed by atoms with Crippen molar-refractivity contribution in [3.05, 3.63) is 88.5 Å². The Morgan fingerprint density at radius 1 is 0.711 bits per heavy atom. The number of fused-ring (bicyclic) bond motifs is 2. The first-order valence-corrected chi connectivity index (χ1v) is 14.4. The number of ether oxygens (including phenoxy) is 2. The fourth-order valence-corrected chi connectivity index (χ4v) is 5.88. The number of ketones is 2. The van der Waals surface area contributed by atoms with Gasteiger partial charge in [-0.05, 0) is 35.4 Å². The zero-order valence-electron chi connectivity index (χ0n) is 22.6. The lowest BCUT2D eigenvalue weighted by Crippen LogP contribution is -2.32. The highest BCUT2D eigenvalue weighted by molar-refractivity contribution is 7.81. The number of hydrogen-bond donors (Lipinski definition) is 7. The largest absolute Gasteiger partial charge is 0.508 e. The van der Waals surface area contributed by atoms with Crippen molar-refractivity contribution in [3.63, 3.8) is 0 Å². The van der Waals surface area contributed by atoms with Crippen LogP contribution in [0.4, 0.5) is 0 Å². The molecule has 0 bridgehead atoms. The molecule has 0 fully saturated rings. The fraction of sp³-hybridized carbons (Fsp3) is 0.133. The highest BCUT2D eigenvalue weighted by Gasteiger charge is 2.46. The van der Waals surface area contributed by atoms with Crippen molar-refractivity contribution in [2.75, 3.05) is 0 Å². The van der Waals surface area contributed by atoms with Crippen LogP contribution in [0.5, 0.6) is 51.7 Å². The van der Waals surface area contributed by atoms with E-state index in [0.717, 1.165) is 30.3 Å². The predicted molar refractivity (Wildman–Crippen MR) is 151 cm³/mol. The number of benzene rings is 4. The minimum Gasteiger partial charge on any atom is -0.508 e. The van der Waals surface area contributed by atoms with Crippen molar-refractivity contribution < 1.29 is 66.9 Å². The van der Waals surface area contributed by atoms with Gasteiger partial charge in [-0.1, -0.05) is 18.2 Å². The maximum absolute atomic E-state index is 14.2. The number of phenols is 6. The summed E-state index contributed by atoms with van der Waals surface area (Å²) >= 11 is 0. The summed E-state index contributed by atoms with van der Waals surface area (Å²) in [6.07, 6.45) is -2.98. The molecular weight excluding hydrogens is 616 g/mol. The quantitative estimate of drug-likeness (QED) is 0.154. The first-order valence-electron chi connectivity index (χ1n) is 13.1. The zero-order chi connectivity index (χ0) is 32.4. The van der Waals surface area contributed by atoms with Crippen LogP contribution in [0, 0.1) is 0 Å². The first kappa shape index (κ1) is 29.4. The van der Waals surface area contributed by atoms with Gasteiger partial charge in [-0.2, -0.15) is 8.42 Å². The Bertz CT molecular complexity index is 2000. The van der Waals surface area contributed by atoms with Crippen LogP contribution >= 0.6 is 0 Å². The Kier molecular flexibility index (Phi) is 6.86. The van der Waals surface area contributed by atoms with E-state index in [1.807, 2.05) is 0 Å². The molecule has 3 unspecified atom stereocenters. The maximum atomic E-state index is 14.2. The molecular formula is C30H22O14S. The molecule has 0 spiro atoms. The molecule has 14 nitrogen and oxygen atoms in total. The fourth-order valence-electron chi connectivity index (χ4n) is 5.52. The van der Waals surface area contributed by atoms with Crippen molar-refractivity contribution >= 4 is 22.0 Å². The number of phenolic OH excluding ortho intramolecular Hbond substituents is 6. The average molecular weight is 639 g/mol. The number of rotatable bonds is 5. The van der Waals surface area contributed by atoms with Gasteiger partial charge in [-0.25, -0.2) is 0 Å². The molecule has 3 atom stereocenters. The van der Waals surface area contributed by atoms with E-state index in [9.17, 15) is 48.6 Å². The van der Waals surface area contributed by atoms with Crippen molar-refractivity contribution in [2.45, 2.75) is 24.5 Å². The molecule has 45 heavy (non-hydrogen) atoms. The van der Waals surface area contributed by atoms with Crippen LogP contribution in [0.2, 0.25) is 0 Å². The summed E-state index contributed by atoms with van der Waals surface area (Å²) in [5.41, 5.74) is -0.678. The van der Waals surface area contributed by atoms with Gasteiger partial charge in [-0.15, -0.1) is 0 Å². The summed E-state index contributed by atoms with van der Waals surface area (Å²) in [4.78, 5) is 27.6. The van der Waals surface area contributed by atoms with Crippen LogP contribution in [-0.4, -0.2) is 55.2 Å². The number of hydrogen-bond acceptors (Lipinski definition) is 13. The highest BCUT2D eigenvalue weighted by atomic mass is 32.3. The molecule has 7 N–H and O–H groups in total. The van der Waals surface area contributed by atoms with Gasteiger partial charge in [0.1, 0.15) is 63.6 Å². The first-order chi connectivity index (χ1) is 21.2. The molecule has 2 aliphatic heterocycles. The van der Waals surface area contributed by atoms with Gasteiger partial charge in [0.15, 0.2) is 23.1 Å². The van der Waals surface area contributed by atoms with E-state index in [0.29, 0.717) is 5.56 Å². The lowest BCUT2D eigenvalue weighted by molar-refractivity contribution is 0.0739. The Hall–Kier alpha value is -5.67. The number of carbonyl (C=O) groups excluding carboxylic acids is 2. The summed E-state index contributed by atoms with van der Waals surface area (Å²) < 4.78 is 48.2. The van der Waals surface area contributed by atoms with Crippen molar-refractivity contribution in [1.29, 1.82) is 0 Å². The van der Waals surface area contributed by atoms with E-state index in [-0.39, 0.29) is 33.8 Å². The summed E-state index contributed by atoms with van der Waals surface area (Å²) in [7, 11) is -5.05. The monoisotopic (exact) mass is 638 g/mol. The van der Waals surface area contributed by atoms with E-state index in [4.69, 9.17) is 14.0 Å². The zero-order valence-corrected chi connectivity index (χ0v) is 23.4. The molecule has 232 valence electrons. The van der Waals surface area contributed by atoms with Gasteiger partial charge in [-0.3, -0.25) is 14.1 Å². The van der Waals surface area contributed by atoms with E-state index >= 15 is 0 Å². The molecule has 15 heteroatoms. The number of Topliss-reactive ketones (excluding diaryl/α,β-unsaturated/α-hetero) is 2. The van der Waals surface area contributed by atoms with E-state index in [1.54, 1.807) is 0 Å². The summed E-state index contributed by atoms with van der Waals surface area (Å²) in [6.45, 7) is 0. The van der Waals surface area contributed by atoms with E-state index in [2.05, 4.69) is 4.18 Å². The lowest BCUT2D eigenvalue weighted by Gasteiger charge is -2.36. The molecule has 4 aromatic carbocycles. The number of carbonyl (C=O) groups is 2. The van der Waals surface area contributed by atoms with Crippen LogP contribution < -0.4 is 13.7 Å². The smallest absolute Gasteiger partial charge is 0.446 e. The SMILES string of the molecule is O=C1CC(c2ccc(O)c(OS(=O)(=O)O)c2)Oc2c1c(O)cc(O)c2C1C(=O)c2c(O)cc(O)cc2OC1c1ccc(O)cc1. The molecule has 0 amide bonds. The molecule has 4 aromatic rings. The molecule has 0 saturated carbocycles. The lowest BCUT2D eigenvalue weighted by atomic mass is 9.78. The Balaban J connectivity index is 1.53. The van der Waals surface area contributed by atoms with Gasteiger partial charge >= 0.3 is 10.4 Å². The minimum atomic E-state index is -5.05. The van der Waals surface area contributed by atoms with Crippen LogP contribution in [0.25, 0.3) is 0 Å². The van der Waals surface area contributed by atoms with Gasteiger partial charge in [0.05, 0.1) is 17.9 Å². The van der Waals surface area contributed by atoms with Crippen LogP contribution in [0.1, 0.15) is 62.0 Å². The molecule has 2 heterocycles. The van der Waals surface area contributed by atoms with Crippen molar-refractivity contribution in [3.8, 4) is 51.7 Å². The van der Waals surface area contributed by atoms with Crippen LogP contribution in [0.15, 0.2) is 60.7 Å². The maximum Gasteiger partial charge on any atom is 0.446 e. The summed E-state index contributed by atoms with van der Waals surface area (Å²) in [5, 5.41) is 62.4. The Morgan fingerprint density at radius 3 is 2.07 bits per heavy atom. The minimum absolute atomic E-state index is 0.0685. The molecule has 0 radical (unpaired) electrons. The third kappa shape index (κ3) is 5.23. The van der Waals surface area contributed by atoms with Gasteiger partial charge in [0.2, 0.25) is 0 Å². The Labute approximate surface area is 253 Å². The standard InChI is InChI=1S/C30H22O14S/c31-14-4-1-12(2-5-14)29-27(28(38)25-17(34)8-15(32)9-23(25)43-29)26-19(36)10-18(35)24-20(37)11-21(42-30(24)26)13-3-6-16(33)22(7-13)44-45(39,40)41/h1-10,21,27,29,31-36H,11H2,(H,39,40,41).